The van der Waals surface area contributed by atoms with Crippen molar-refractivity contribution >= 4 is 11.6 Å². The van der Waals surface area contributed by atoms with Crippen molar-refractivity contribution in [2.75, 3.05) is 6.61 Å². The van der Waals surface area contributed by atoms with E-state index < -0.39 is 0 Å². The summed E-state index contributed by atoms with van der Waals surface area (Å²) in [6.45, 7) is 6.93. The first-order valence-electron chi connectivity index (χ1n) is 5.86. The van der Waals surface area contributed by atoms with Gasteiger partial charge in [0.25, 0.3) is 0 Å². The van der Waals surface area contributed by atoms with Crippen LogP contribution in [0.3, 0.4) is 0 Å². The van der Waals surface area contributed by atoms with Crippen LogP contribution in [-0.2, 0) is 4.74 Å². The molecule has 0 aromatic heterocycles. The lowest BCUT2D eigenvalue weighted by Gasteiger charge is -2.24. The first kappa shape index (κ1) is 12.6. The van der Waals surface area contributed by atoms with Crippen LogP contribution in [0.25, 0.3) is 0 Å². The van der Waals surface area contributed by atoms with E-state index in [9.17, 15) is 0 Å². The quantitative estimate of drug-likeness (QED) is 0.385. The van der Waals surface area contributed by atoms with E-state index in [1.807, 2.05) is 6.92 Å². The number of alkyl halides is 1. The Kier molecular flexibility index (Phi) is 5.24. The van der Waals surface area contributed by atoms with Gasteiger partial charge < -0.3 is 4.74 Å². The van der Waals surface area contributed by atoms with Crippen molar-refractivity contribution in [3.05, 3.63) is 23.0 Å². The van der Waals surface area contributed by atoms with E-state index in [4.69, 9.17) is 16.3 Å². The molecule has 1 aliphatic carbocycles. The molecule has 0 bridgehead atoms. The molecule has 1 unspecified atom stereocenters. The van der Waals surface area contributed by atoms with Gasteiger partial charge in [-0.05, 0) is 51.2 Å². The molecule has 1 saturated carbocycles. The van der Waals surface area contributed by atoms with Crippen molar-refractivity contribution in [2.24, 2.45) is 0 Å². The van der Waals surface area contributed by atoms with Gasteiger partial charge in [-0.25, -0.2) is 0 Å². The first-order valence-corrected chi connectivity index (χ1v) is 6.29. The summed E-state index contributed by atoms with van der Waals surface area (Å²) < 4.78 is 5.58. The summed E-state index contributed by atoms with van der Waals surface area (Å²) in [4.78, 5) is 0. The zero-order valence-corrected chi connectivity index (χ0v) is 10.7. The van der Waals surface area contributed by atoms with Gasteiger partial charge >= 0.3 is 0 Å². The van der Waals surface area contributed by atoms with Crippen LogP contribution in [-0.4, -0.2) is 12.0 Å². The third-order valence-electron chi connectivity index (χ3n) is 2.86. The molecule has 1 atom stereocenters. The molecule has 0 saturated heterocycles. The van der Waals surface area contributed by atoms with Gasteiger partial charge in [-0.15, -0.1) is 11.6 Å². The smallest absolute Gasteiger partial charge is 0.114 e. The lowest BCUT2D eigenvalue weighted by molar-refractivity contribution is 0.223. The summed E-state index contributed by atoms with van der Waals surface area (Å²) in [7, 11) is 0. The van der Waals surface area contributed by atoms with Gasteiger partial charge in [-0.3, -0.25) is 0 Å². The first-order chi connectivity index (χ1) is 7.20. The maximum Gasteiger partial charge on any atom is 0.114 e. The van der Waals surface area contributed by atoms with Gasteiger partial charge in [0.2, 0.25) is 0 Å². The molecule has 1 aliphatic rings. The van der Waals surface area contributed by atoms with Gasteiger partial charge in [-0.1, -0.05) is 12.5 Å². The minimum absolute atomic E-state index is 0.0554. The molecule has 0 heterocycles. The summed E-state index contributed by atoms with van der Waals surface area (Å²) in [5.41, 5.74) is 2.83. The standard InChI is InChI=1S/C13H21ClO/c1-4-7-12(15-5-2)13(14)10(3)11-8-6-9-11/h7,13H,4-6,8-9H2,1-3H3/b12-7+. The van der Waals surface area contributed by atoms with Crippen molar-refractivity contribution in [1.29, 1.82) is 0 Å². The van der Waals surface area contributed by atoms with Gasteiger partial charge in [0, 0.05) is 0 Å². The van der Waals surface area contributed by atoms with E-state index in [1.165, 1.54) is 30.4 Å². The zero-order chi connectivity index (χ0) is 11.3. The Hall–Kier alpha value is -0.430. The highest BCUT2D eigenvalue weighted by Gasteiger charge is 2.20. The van der Waals surface area contributed by atoms with E-state index >= 15 is 0 Å². The van der Waals surface area contributed by atoms with E-state index in [2.05, 4.69) is 19.9 Å². The second kappa shape index (κ2) is 6.22. The van der Waals surface area contributed by atoms with Gasteiger partial charge in [-0.2, -0.15) is 0 Å². The summed E-state index contributed by atoms with van der Waals surface area (Å²) >= 11 is 6.41. The van der Waals surface area contributed by atoms with Crippen molar-refractivity contribution in [3.8, 4) is 0 Å². The average Bonchev–Trinajstić information content (AvgIpc) is 2.13. The maximum absolute atomic E-state index is 6.41. The van der Waals surface area contributed by atoms with Crippen molar-refractivity contribution in [1.82, 2.24) is 0 Å². The van der Waals surface area contributed by atoms with Crippen LogP contribution >= 0.6 is 11.6 Å². The van der Waals surface area contributed by atoms with Crippen LogP contribution in [0.4, 0.5) is 0 Å². The van der Waals surface area contributed by atoms with Crippen LogP contribution in [0, 0.1) is 0 Å². The Balaban J connectivity index is 2.70. The normalized spacial score (nSPS) is 18.4. The van der Waals surface area contributed by atoms with Gasteiger partial charge in [0.05, 0.1) is 6.61 Å². The topological polar surface area (TPSA) is 9.23 Å². The molecule has 0 amide bonds. The largest absolute Gasteiger partial charge is 0.497 e. The van der Waals surface area contributed by atoms with E-state index in [1.54, 1.807) is 0 Å². The van der Waals surface area contributed by atoms with Crippen LogP contribution in [0.5, 0.6) is 0 Å². The molecule has 0 aromatic carbocycles. The number of allylic oxidation sites excluding steroid dienone is 3. The van der Waals surface area contributed by atoms with Crippen LogP contribution in [0.1, 0.15) is 46.5 Å². The molecule has 0 radical (unpaired) electrons. The summed E-state index contributed by atoms with van der Waals surface area (Å²) in [6.07, 6.45) is 6.82. The van der Waals surface area contributed by atoms with E-state index in [-0.39, 0.29) is 5.38 Å². The lowest BCUT2D eigenvalue weighted by atomic mass is 9.87. The second-order valence-electron chi connectivity index (χ2n) is 3.95. The fourth-order valence-electron chi connectivity index (χ4n) is 1.74. The third kappa shape index (κ3) is 3.27. The monoisotopic (exact) mass is 228 g/mol. The molecule has 0 aromatic rings. The predicted molar refractivity (Wildman–Crippen MR) is 66.2 cm³/mol. The molecule has 86 valence electrons. The molecule has 1 rings (SSSR count). The highest BCUT2D eigenvalue weighted by Crippen LogP contribution is 2.33. The minimum Gasteiger partial charge on any atom is -0.497 e. The molecule has 0 aliphatic heterocycles. The van der Waals surface area contributed by atoms with Crippen LogP contribution in [0.15, 0.2) is 23.0 Å². The molecule has 1 nitrogen and oxygen atoms in total. The van der Waals surface area contributed by atoms with Gasteiger partial charge in [0.1, 0.15) is 11.1 Å². The molecule has 1 fully saturated rings. The zero-order valence-electron chi connectivity index (χ0n) is 9.98. The maximum atomic E-state index is 6.41. The highest BCUT2D eigenvalue weighted by molar-refractivity contribution is 6.24. The van der Waals surface area contributed by atoms with E-state index in [0.29, 0.717) is 6.61 Å². The Bertz CT molecular complexity index is 260. The molecular formula is C13H21ClO. The van der Waals surface area contributed by atoms with Crippen LogP contribution in [0.2, 0.25) is 0 Å². The fraction of sp³-hybridized carbons (Fsp3) is 0.692. The third-order valence-corrected chi connectivity index (χ3v) is 3.40. The SMILES string of the molecule is CC/C=C(/OCC)C(Cl)C(C)=C1CCC1. The molecule has 15 heavy (non-hydrogen) atoms. The fourth-order valence-corrected chi connectivity index (χ4v) is 2.05. The minimum atomic E-state index is -0.0554. The number of halogens is 1. The average molecular weight is 229 g/mol. The lowest BCUT2D eigenvalue weighted by Crippen LogP contribution is -2.13. The predicted octanol–water partition coefficient (Wildman–Crippen LogP) is 4.42. The van der Waals surface area contributed by atoms with Crippen molar-refractivity contribution < 1.29 is 4.74 Å². The Morgan fingerprint density at radius 1 is 1.47 bits per heavy atom. The summed E-state index contributed by atoms with van der Waals surface area (Å²) in [5, 5.41) is -0.0554. The number of hydrogen-bond acceptors (Lipinski definition) is 1. The Labute approximate surface area is 98.2 Å². The van der Waals surface area contributed by atoms with Crippen LogP contribution < -0.4 is 0 Å². The summed E-state index contributed by atoms with van der Waals surface area (Å²) in [6, 6.07) is 0. The Morgan fingerprint density at radius 2 is 2.13 bits per heavy atom. The molecule has 0 spiro atoms. The highest BCUT2D eigenvalue weighted by atomic mass is 35.5. The molecular weight excluding hydrogens is 208 g/mol. The van der Waals surface area contributed by atoms with Crippen molar-refractivity contribution in [3.63, 3.8) is 0 Å². The van der Waals surface area contributed by atoms with Crippen molar-refractivity contribution in [2.45, 2.75) is 51.8 Å². The van der Waals surface area contributed by atoms with E-state index in [0.717, 1.165) is 12.2 Å². The number of rotatable bonds is 5. The Morgan fingerprint density at radius 3 is 2.53 bits per heavy atom. The summed E-state index contributed by atoms with van der Waals surface area (Å²) in [5.74, 6) is 0.929. The van der Waals surface area contributed by atoms with Gasteiger partial charge in [0.15, 0.2) is 0 Å². The number of ether oxygens (including phenoxy) is 1. The number of hydrogen-bond donors (Lipinski definition) is 0. The second-order valence-corrected chi connectivity index (χ2v) is 4.39. The molecule has 0 N–H and O–H groups in total. The molecule has 2 heteroatoms.